The normalized spacial score (nSPS) is 13.7. The van der Waals surface area contributed by atoms with Crippen LogP contribution >= 0.6 is 0 Å². The van der Waals surface area contributed by atoms with E-state index in [0.29, 0.717) is 6.42 Å². The molecule has 0 aliphatic heterocycles. The van der Waals surface area contributed by atoms with Gasteiger partial charge in [-0.05, 0) is 43.4 Å². The van der Waals surface area contributed by atoms with Crippen LogP contribution in [-0.2, 0) is 16.0 Å². The van der Waals surface area contributed by atoms with Gasteiger partial charge in [0.05, 0.1) is 24.8 Å². The van der Waals surface area contributed by atoms with Gasteiger partial charge in [-0.2, -0.15) is 15.4 Å². The van der Waals surface area contributed by atoms with E-state index in [4.69, 9.17) is 4.74 Å². The van der Waals surface area contributed by atoms with E-state index >= 15 is 0 Å². The maximum Gasteiger partial charge on any atom is 0.314 e. The molecule has 3 rings (SSSR count). The van der Waals surface area contributed by atoms with Gasteiger partial charge >= 0.3 is 5.97 Å². The molecule has 1 heterocycles. The second kappa shape index (κ2) is 10.7. The number of aromatic amines is 1. The van der Waals surface area contributed by atoms with Crippen LogP contribution in [0.3, 0.4) is 0 Å². The van der Waals surface area contributed by atoms with Crippen LogP contribution in [0, 0.1) is 5.41 Å². The van der Waals surface area contributed by atoms with Crippen molar-refractivity contribution < 1.29 is 19.4 Å². The molecule has 8 heteroatoms. The third kappa shape index (κ3) is 5.79. The largest absolute Gasteiger partial charge is 0.466 e. The highest BCUT2D eigenvalue weighted by Crippen LogP contribution is 2.27. The monoisotopic (exact) mass is 436 g/mol. The molecule has 1 amide bonds. The number of aliphatic hydroxyl groups excluding tert-OH is 1. The summed E-state index contributed by atoms with van der Waals surface area (Å²) < 4.78 is 5.15. The Morgan fingerprint density at radius 3 is 2.41 bits per heavy atom. The Balaban J connectivity index is 1.80. The van der Waals surface area contributed by atoms with E-state index in [1.54, 1.807) is 13.8 Å². The molecule has 3 N–H and O–H groups in total. The van der Waals surface area contributed by atoms with E-state index in [1.165, 1.54) is 6.20 Å². The summed E-state index contributed by atoms with van der Waals surface area (Å²) in [6.45, 7) is 3.17. The van der Waals surface area contributed by atoms with Crippen molar-refractivity contribution in [3.63, 3.8) is 0 Å². The van der Waals surface area contributed by atoms with E-state index in [9.17, 15) is 14.7 Å². The predicted octanol–water partition coefficient (Wildman–Crippen LogP) is 2.76. The average Bonchev–Trinajstić information content (AvgIpc) is 3.35. The first-order valence-electron chi connectivity index (χ1n) is 10.5. The molecule has 0 bridgehead atoms. The quantitative estimate of drug-likeness (QED) is 0.421. The minimum absolute atomic E-state index is 0.149. The average molecular weight is 437 g/mol. The summed E-state index contributed by atoms with van der Waals surface area (Å²) in [4.78, 5) is 25.1. The number of esters is 1. The third-order valence-corrected chi connectivity index (χ3v) is 5.34. The van der Waals surface area contributed by atoms with E-state index in [0.717, 1.165) is 16.7 Å². The number of carbonyl (C=O) groups is 2. The molecule has 1 aromatic heterocycles. The lowest BCUT2D eigenvalue weighted by Gasteiger charge is -2.30. The molecule has 8 nitrogen and oxygen atoms in total. The van der Waals surface area contributed by atoms with Crippen molar-refractivity contribution in [1.82, 2.24) is 20.7 Å². The molecule has 0 unspecified atom stereocenters. The number of nitrogens with one attached hydrogen (secondary N) is 2. The third-order valence-electron chi connectivity index (χ3n) is 5.34. The van der Waals surface area contributed by atoms with Crippen LogP contribution in [0.1, 0.15) is 36.3 Å². The number of aromatic nitrogens is 3. The van der Waals surface area contributed by atoms with Crippen molar-refractivity contribution in [2.75, 3.05) is 13.2 Å². The van der Waals surface area contributed by atoms with Crippen molar-refractivity contribution in [1.29, 1.82) is 0 Å². The fourth-order valence-corrected chi connectivity index (χ4v) is 3.55. The maximum atomic E-state index is 12.6. The second-order valence-electron chi connectivity index (χ2n) is 7.94. The van der Waals surface area contributed by atoms with Gasteiger partial charge in [0.1, 0.15) is 0 Å². The Kier molecular flexibility index (Phi) is 7.72. The van der Waals surface area contributed by atoms with Crippen molar-refractivity contribution in [3.05, 3.63) is 72.1 Å². The molecule has 0 saturated heterocycles. The van der Waals surface area contributed by atoms with Crippen LogP contribution in [-0.4, -0.2) is 51.6 Å². The van der Waals surface area contributed by atoms with E-state index in [-0.39, 0.29) is 18.7 Å². The first-order valence-corrected chi connectivity index (χ1v) is 10.5. The number of amides is 1. The molecule has 0 aliphatic rings. The standard InChI is InChI=1S/C24H28N4O4/c1-3-32-23(31)24(2,16-29)14-20(26-22(30)21-15-25-28-27-21)13-17-9-11-19(12-10-17)18-7-5-4-6-8-18/h4-12,15,20,29H,3,13-14,16H2,1-2H3,(H,26,30)(H,25,27,28)/t20-,24+/m1/s1. The van der Waals surface area contributed by atoms with Gasteiger partial charge in [0.25, 0.3) is 5.91 Å². The number of carbonyl (C=O) groups excluding carboxylic acids is 2. The van der Waals surface area contributed by atoms with Crippen LogP contribution in [0.15, 0.2) is 60.8 Å². The first kappa shape index (κ1) is 23.1. The lowest BCUT2D eigenvalue weighted by molar-refractivity contribution is -0.157. The van der Waals surface area contributed by atoms with Gasteiger partial charge < -0.3 is 15.2 Å². The minimum atomic E-state index is -1.15. The Morgan fingerprint density at radius 1 is 1.12 bits per heavy atom. The summed E-state index contributed by atoms with van der Waals surface area (Å²) in [6, 6.07) is 17.6. The molecular formula is C24H28N4O4. The van der Waals surface area contributed by atoms with Crippen LogP contribution in [0.2, 0.25) is 0 Å². The number of hydrogen-bond acceptors (Lipinski definition) is 6. The highest BCUT2D eigenvalue weighted by Gasteiger charge is 2.37. The van der Waals surface area contributed by atoms with Gasteiger partial charge in [0.2, 0.25) is 0 Å². The number of aliphatic hydroxyl groups is 1. The van der Waals surface area contributed by atoms with Crippen molar-refractivity contribution in [2.45, 2.75) is 32.7 Å². The summed E-state index contributed by atoms with van der Waals surface area (Å²) >= 11 is 0. The fourth-order valence-electron chi connectivity index (χ4n) is 3.55. The Morgan fingerprint density at radius 2 is 1.81 bits per heavy atom. The molecule has 3 aromatic rings. The molecule has 0 radical (unpaired) electrons. The molecule has 0 aliphatic carbocycles. The lowest BCUT2D eigenvalue weighted by atomic mass is 9.82. The lowest BCUT2D eigenvalue weighted by Crippen LogP contribution is -2.44. The predicted molar refractivity (Wildman–Crippen MR) is 120 cm³/mol. The highest BCUT2D eigenvalue weighted by atomic mass is 16.5. The maximum absolute atomic E-state index is 12.6. The van der Waals surface area contributed by atoms with Crippen molar-refractivity contribution in [3.8, 4) is 11.1 Å². The molecule has 168 valence electrons. The van der Waals surface area contributed by atoms with E-state index < -0.39 is 29.9 Å². The van der Waals surface area contributed by atoms with Gasteiger partial charge in [-0.3, -0.25) is 9.59 Å². The second-order valence-corrected chi connectivity index (χ2v) is 7.94. The van der Waals surface area contributed by atoms with Gasteiger partial charge in [0.15, 0.2) is 5.69 Å². The molecule has 0 saturated carbocycles. The van der Waals surface area contributed by atoms with Crippen LogP contribution in [0.25, 0.3) is 11.1 Å². The first-order chi connectivity index (χ1) is 15.4. The summed E-state index contributed by atoms with van der Waals surface area (Å²) in [6.07, 6.45) is 2.00. The molecular weight excluding hydrogens is 408 g/mol. The zero-order chi connectivity index (χ0) is 23.0. The molecule has 0 fully saturated rings. The Hall–Kier alpha value is -3.52. The number of nitrogens with zero attached hydrogens (tertiary/aromatic N) is 2. The minimum Gasteiger partial charge on any atom is -0.466 e. The van der Waals surface area contributed by atoms with Gasteiger partial charge in [-0.25, -0.2) is 0 Å². The van der Waals surface area contributed by atoms with Crippen LogP contribution < -0.4 is 5.32 Å². The van der Waals surface area contributed by atoms with Gasteiger partial charge in [-0.1, -0.05) is 54.6 Å². The van der Waals surface area contributed by atoms with E-state index in [1.807, 2.05) is 54.6 Å². The number of H-pyrrole nitrogens is 1. The molecule has 32 heavy (non-hydrogen) atoms. The smallest absolute Gasteiger partial charge is 0.314 e. The summed E-state index contributed by atoms with van der Waals surface area (Å²) in [5.41, 5.74) is 2.19. The summed E-state index contributed by atoms with van der Waals surface area (Å²) in [7, 11) is 0. The van der Waals surface area contributed by atoms with Crippen molar-refractivity contribution in [2.24, 2.45) is 5.41 Å². The number of rotatable bonds is 10. The molecule has 0 spiro atoms. The molecule has 2 aromatic carbocycles. The SMILES string of the molecule is CCOC(=O)[C@](C)(CO)C[C@@H](Cc1ccc(-c2ccccc2)cc1)NC(=O)c1cn[nH]n1. The number of hydrogen-bond donors (Lipinski definition) is 3. The highest BCUT2D eigenvalue weighted by molar-refractivity contribution is 5.92. The molecule has 2 atom stereocenters. The topological polar surface area (TPSA) is 117 Å². The Labute approximate surface area is 187 Å². The van der Waals surface area contributed by atoms with Gasteiger partial charge in [0, 0.05) is 6.04 Å². The number of ether oxygens (including phenoxy) is 1. The zero-order valence-electron chi connectivity index (χ0n) is 18.2. The summed E-state index contributed by atoms with van der Waals surface area (Å²) in [5.74, 6) is -0.906. The fraction of sp³-hybridized carbons (Fsp3) is 0.333. The zero-order valence-corrected chi connectivity index (χ0v) is 18.2. The Bertz CT molecular complexity index is 1010. The van der Waals surface area contributed by atoms with E-state index in [2.05, 4.69) is 20.7 Å². The van der Waals surface area contributed by atoms with Crippen molar-refractivity contribution >= 4 is 11.9 Å². The van der Waals surface area contributed by atoms with Crippen LogP contribution in [0.4, 0.5) is 0 Å². The van der Waals surface area contributed by atoms with Crippen LogP contribution in [0.5, 0.6) is 0 Å². The summed E-state index contributed by atoms with van der Waals surface area (Å²) in [5, 5.41) is 22.8. The van der Waals surface area contributed by atoms with Gasteiger partial charge in [-0.15, -0.1) is 0 Å². The number of benzene rings is 2.